The fourth-order valence-electron chi connectivity index (χ4n) is 2.22. The van der Waals surface area contributed by atoms with Crippen molar-refractivity contribution in [3.8, 4) is 0 Å². The Morgan fingerprint density at radius 3 is 2.62 bits per heavy atom. The molecule has 0 heterocycles. The van der Waals surface area contributed by atoms with Gasteiger partial charge in [-0.15, -0.1) is 0 Å². The summed E-state index contributed by atoms with van der Waals surface area (Å²) in [5, 5.41) is 3.21. The highest BCUT2D eigenvalue weighted by Gasteiger charge is 2.35. The van der Waals surface area contributed by atoms with E-state index in [2.05, 4.69) is 5.32 Å². The summed E-state index contributed by atoms with van der Waals surface area (Å²) in [7, 11) is 5.48. The Morgan fingerprint density at radius 2 is 2.08 bits per heavy atom. The minimum Gasteiger partial charge on any atom is -0.353 e. The largest absolute Gasteiger partial charge is 0.353 e. The van der Waals surface area contributed by atoms with Gasteiger partial charge in [-0.1, -0.05) is 0 Å². The SMILES string of the molecule is CNCC1CCCC(OC)(OC)C1. The number of nitrogens with one attached hydrogen (secondary N) is 1. The molecule has 1 saturated carbocycles. The maximum Gasteiger partial charge on any atom is 0.167 e. The highest BCUT2D eigenvalue weighted by Crippen LogP contribution is 2.34. The molecule has 13 heavy (non-hydrogen) atoms. The molecule has 3 heteroatoms. The van der Waals surface area contributed by atoms with Crippen molar-refractivity contribution in [1.82, 2.24) is 5.32 Å². The molecular formula is C10H21NO2. The molecular weight excluding hydrogens is 166 g/mol. The summed E-state index contributed by atoms with van der Waals surface area (Å²) in [4.78, 5) is 0. The van der Waals surface area contributed by atoms with Crippen LogP contribution in [0.25, 0.3) is 0 Å². The van der Waals surface area contributed by atoms with E-state index in [0.29, 0.717) is 5.92 Å². The Bertz CT molecular complexity index is 144. The van der Waals surface area contributed by atoms with Crippen molar-refractivity contribution in [3.05, 3.63) is 0 Å². The van der Waals surface area contributed by atoms with Gasteiger partial charge in [-0.3, -0.25) is 0 Å². The van der Waals surface area contributed by atoms with Gasteiger partial charge in [0.05, 0.1) is 0 Å². The van der Waals surface area contributed by atoms with Gasteiger partial charge < -0.3 is 14.8 Å². The molecule has 1 atom stereocenters. The van der Waals surface area contributed by atoms with Gasteiger partial charge in [0.1, 0.15) is 0 Å². The summed E-state index contributed by atoms with van der Waals surface area (Å²) in [5.41, 5.74) is 0. The van der Waals surface area contributed by atoms with E-state index in [1.807, 2.05) is 7.05 Å². The van der Waals surface area contributed by atoms with Crippen LogP contribution < -0.4 is 5.32 Å². The minimum atomic E-state index is -0.306. The second kappa shape index (κ2) is 4.94. The van der Waals surface area contributed by atoms with Crippen molar-refractivity contribution < 1.29 is 9.47 Å². The van der Waals surface area contributed by atoms with E-state index in [1.165, 1.54) is 12.8 Å². The van der Waals surface area contributed by atoms with Crippen molar-refractivity contribution in [2.45, 2.75) is 31.5 Å². The lowest BCUT2D eigenvalue weighted by atomic mass is 9.84. The normalized spacial score (nSPS) is 27.5. The molecule has 1 rings (SSSR count). The third kappa shape index (κ3) is 2.66. The van der Waals surface area contributed by atoms with Gasteiger partial charge in [0.15, 0.2) is 5.79 Å². The Balaban J connectivity index is 2.48. The number of hydrogen-bond donors (Lipinski definition) is 1. The summed E-state index contributed by atoms with van der Waals surface area (Å²) < 4.78 is 10.9. The van der Waals surface area contributed by atoms with Crippen molar-refractivity contribution in [2.75, 3.05) is 27.8 Å². The van der Waals surface area contributed by atoms with Crippen LogP contribution in [0.5, 0.6) is 0 Å². The Morgan fingerprint density at radius 1 is 1.38 bits per heavy atom. The Labute approximate surface area is 80.8 Å². The molecule has 0 spiro atoms. The van der Waals surface area contributed by atoms with Gasteiger partial charge in [0.25, 0.3) is 0 Å². The molecule has 78 valence electrons. The molecule has 0 amide bonds. The van der Waals surface area contributed by atoms with Crippen LogP contribution in [-0.4, -0.2) is 33.6 Å². The summed E-state index contributed by atoms with van der Waals surface area (Å²) in [6.45, 7) is 1.06. The fourth-order valence-corrected chi connectivity index (χ4v) is 2.22. The van der Waals surface area contributed by atoms with Crippen LogP contribution in [0.15, 0.2) is 0 Å². The van der Waals surface area contributed by atoms with Crippen LogP contribution in [-0.2, 0) is 9.47 Å². The van der Waals surface area contributed by atoms with E-state index in [-0.39, 0.29) is 5.79 Å². The quantitative estimate of drug-likeness (QED) is 0.675. The van der Waals surface area contributed by atoms with Crippen molar-refractivity contribution in [1.29, 1.82) is 0 Å². The van der Waals surface area contributed by atoms with Crippen LogP contribution in [0, 0.1) is 5.92 Å². The van der Waals surface area contributed by atoms with Gasteiger partial charge in [0, 0.05) is 27.1 Å². The maximum absolute atomic E-state index is 5.45. The highest BCUT2D eigenvalue weighted by molar-refractivity contribution is 4.81. The van der Waals surface area contributed by atoms with Crippen molar-refractivity contribution in [2.24, 2.45) is 5.92 Å². The lowest BCUT2D eigenvalue weighted by molar-refractivity contribution is -0.230. The molecule has 1 unspecified atom stereocenters. The number of ether oxygens (including phenoxy) is 2. The number of rotatable bonds is 4. The maximum atomic E-state index is 5.45. The number of hydrogen-bond acceptors (Lipinski definition) is 3. The third-order valence-corrected chi connectivity index (χ3v) is 3.01. The molecule has 0 aromatic heterocycles. The first-order valence-corrected chi connectivity index (χ1v) is 5.01. The topological polar surface area (TPSA) is 30.5 Å². The average Bonchev–Trinajstić information content (AvgIpc) is 2.19. The highest BCUT2D eigenvalue weighted by atomic mass is 16.7. The standard InChI is InChI=1S/C10H21NO2/c1-11-8-9-5-4-6-10(7-9,12-2)13-3/h9,11H,4-8H2,1-3H3. The summed E-state index contributed by atoms with van der Waals surface area (Å²) in [6.07, 6.45) is 4.53. The molecule has 3 nitrogen and oxygen atoms in total. The fraction of sp³-hybridized carbons (Fsp3) is 1.00. The van der Waals surface area contributed by atoms with Crippen LogP contribution in [0.4, 0.5) is 0 Å². The van der Waals surface area contributed by atoms with Gasteiger partial charge in [-0.25, -0.2) is 0 Å². The second-order valence-corrected chi connectivity index (χ2v) is 3.84. The molecule has 1 N–H and O–H groups in total. The molecule has 0 radical (unpaired) electrons. The van der Waals surface area contributed by atoms with Crippen LogP contribution in [0.1, 0.15) is 25.7 Å². The lowest BCUT2D eigenvalue weighted by Gasteiger charge is -2.38. The lowest BCUT2D eigenvalue weighted by Crippen LogP contribution is -2.41. The Kier molecular flexibility index (Phi) is 4.16. The first-order valence-electron chi connectivity index (χ1n) is 5.01. The van der Waals surface area contributed by atoms with E-state index in [1.54, 1.807) is 14.2 Å². The molecule has 0 bridgehead atoms. The van der Waals surface area contributed by atoms with E-state index in [0.717, 1.165) is 19.4 Å². The van der Waals surface area contributed by atoms with E-state index >= 15 is 0 Å². The monoisotopic (exact) mass is 187 g/mol. The van der Waals surface area contributed by atoms with Crippen molar-refractivity contribution in [3.63, 3.8) is 0 Å². The zero-order valence-corrected chi connectivity index (χ0v) is 8.93. The summed E-state index contributed by atoms with van der Waals surface area (Å²) in [6, 6.07) is 0. The van der Waals surface area contributed by atoms with Crippen molar-refractivity contribution >= 4 is 0 Å². The van der Waals surface area contributed by atoms with Crippen LogP contribution in [0.3, 0.4) is 0 Å². The predicted octanol–water partition coefficient (Wildman–Crippen LogP) is 1.39. The molecule has 1 aliphatic carbocycles. The zero-order chi connectivity index (χ0) is 9.73. The summed E-state index contributed by atoms with van der Waals surface area (Å²) in [5.74, 6) is 0.387. The number of methoxy groups -OCH3 is 2. The van der Waals surface area contributed by atoms with Gasteiger partial charge in [-0.05, 0) is 32.4 Å². The molecule has 1 aliphatic rings. The van der Waals surface area contributed by atoms with Gasteiger partial charge in [-0.2, -0.15) is 0 Å². The third-order valence-electron chi connectivity index (χ3n) is 3.01. The minimum absolute atomic E-state index is 0.306. The molecule has 0 aliphatic heterocycles. The van der Waals surface area contributed by atoms with Crippen LogP contribution in [0.2, 0.25) is 0 Å². The van der Waals surface area contributed by atoms with E-state index in [9.17, 15) is 0 Å². The molecule has 1 fully saturated rings. The first kappa shape index (κ1) is 11.0. The smallest absolute Gasteiger partial charge is 0.167 e. The summed E-state index contributed by atoms with van der Waals surface area (Å²) >= 11 is 0. The Hall–Kier alpha value is -0.120. The zero-order valence-electron chi connectivity index (χ0n) is 8.93. The van der Waals surface area contributed by atoms with Crippen LogP contribution >= 0.6 is 0 Å². The van der Waals surface area contributed by atoms with E-state index in [4.69, 9.17) is 9.47 Å². The van der Waals surface area contributed by atoms with Gasteiger partial charge >= 0.3 is 0 Å². The van der Waals surface area contributed by atoms with Gasteiger partial charge in [0.2, 0.25) is 0 Å². The second-order valence-electron chi connectivity index (χ2n) is 3.84. The van der Waals surface area contributed by atoms with E-state index < -0.39 is 0 Å². The molecule has 0 saturated heterocycles. The average molecular weight is 187 g/mol. The first-order chi connectivity index (χ1) is 6.26. The molecule has 0 aromatic carbocycles. The predicted molar refractivity (Wildman–Crippen MR) is 52.6 cm³/mol. The molecule has 0 aromatic rings.